The van der Waals surface area contributed by atoms with Gasteiger partial charge >= 0.3 is 5.97 Å². The van der Waals surface area contributed by atoms with Crippen LogP contribution in [-0.4, -0.2) is 18.1 Å². The standard InChI is InChI=1S/C13H9Cl2FN2O2/c1-20-13(19)12-8(15)10(17)9(16)11(18-12)6-2-4-7(14)5-3-6/h2-5H,1H3,(H2,17,18). The average molecular weight is 315 g/mol. The van der Waals surface area contributed by atoms with Gasteiger partial charge in [0.15, 0.2) is 11.5 Å². The molecule has 20 heavy (non-hydrogen) atoms. The van der Waals surface area contributed by atoms with Crippen molar-refractivity contribution in [1.29, 1.82) is 0 Å². The molecule has 0 spiro atoms. The largest absolute Gasteiger partial charge is 0.464 e. The molecule has 0 aliphatic heterocycles. The van der Waals surface area contributed by atoms with E-state index in [1.54, 1.807) is 24.3 Å². The van der Waals surface area contributed by atoms with Gasteiger partial charge in [-0.3, -0.25) is 0 Å². The van der Waals surface area contributed by atoms with E-state index in [9.17, 15) is 9.18 Å². The number of nitrogen functional groups attached to an aromatic ring is 1. The van der Waals surface area contributed by atoms with E-state index in [1.807, 2.05) is 0 Å². The van der Waals surface area contributed by atoms with Gasteiger partial charge in [0.25, 0.3) is 0 Å². The molecule has 2 N–H and O–H groups in total. The summed E-state index contributed by atoms with van der Waals surface area (Å²) in [5.41, 5.74) is 5.29. The zero-order valence-electron chi connectivity index (χ0n) is 10.3. The van der Waals surface area contributed by atoms with E-state index < -0.39 is 11.8 Å². The highest BCUT2D eigenvalue weighted by molar-refractivity contribution is 6.35. The number of ether oxygens (including phenoxy) is 1. The summed E-state index contributed by atoms with van der Waals surface area (Å²) in [7, 11) is 1.17. The molecule has 4 nitrogen and oxygen atoms in total. The third-order valence-electron chi connectivity index (χ3n) is 2.61. The lowest BCUT2D eigenvalue weighted by atomic mass is 10.1. The van der Waals surface area contributed by atoms with Crippen LogP contribution in [0, 0.1) is 5.82 Å². The molecule has 0 saturated carbocycles. The first-order valence-corrected chi connectivity index (χ1v) is 6.20. The van der Waals surface area contributed by atoms with E-state index >= 15 is 0 Å². The number of esters is 1. The number of methoxy groups -OCH3 is 1. The Balaban J connectivity index is 2.67. The molecule has 1 aromatic carbocycles. The summed E-state index contributed by atoms with van der Waals surface area (Å²) in [6.45, 7) is 0. The number of hydrogen-bond donors (Lipinski definition) is 1. The zero-order chi connectivity index (χ0) is 14.9. The Morgan fingerprint density at radius 1 is 1.30 bits per heavy atom. The van der Waals surface area contributed by atoms with Gasteiger partial charge in [0.05, 0.1) is 17.8 Å². The fraction of sp³-hybridized carbons (Fsp3) is 0.0769. The number of pyridine rings is 1. The van der Waals surface area contributed by atoms with Crippen molar-refractivity contribution < 1.29 is 13.9 Å². The second-order valence-corrected chi connectivity index (χ2v) is 4.66. The van der Waals surface area contributed by atoms with Crippen LogP contribution in [0.3, 0.4) is 0 Å². The smallest absolute Gasteiger partial charge is 0.358 e. The first-order chi connectivity index (χ1) is 9.45. The molecule has 104 valence electrons. The molecule has 1 aromatic heterocycles. The predicted molar refractivity (Wildman–Crippen MR) is 75.4 cm³/mol. The fourth-order valence-corrected chi connectivity index (χ4v) is 1.92. The number of carbonyl (C=O) groups excluding carboxylic acids is 1. The van der Waals surface area contributed by atoms with Gasteiger partial charge in [0, 0.05) is 10.6 Å². The van der Waals surface area contributed by atoms with Crippen LogP contribution in [0.1, 0.15) is 10.5 Å². The van der Waals surface area contributed by atoms with Gasteiger partial charge in [-0.25, -0.2) is 14.2 Å². The summed E-state index contributed by atoms with van der Waals surface area (Å²) in [6.07, 6.45) is 0. The Morgan fingerprint density at radius 3 is 2.45 bits per heavy atom. The predicted octanol–water partition coefficient (Wildman–Crippen LogP) is 3.56. The Labute approximate surface area is 124 Å². The van der Waals surface area contributed by atoms with Crippen molar-refractivity contribution in [2.45, 2.75) is 0 Å². The van der Waals surface area contributed by atoms with E-state index in [2.05, 4.69) is 9.72 Å². The number of nitrogens with zero attached hydrogens (tertiary/aromatic N) is 1. The van der Waals surface area contributed by atoms with Gasteiger partial charge in [0.1, 0.15) is 5.69 Å². The summed E-state index contributed by atoms with van der Waals surface area (Å²) in [5, 5.41) is 0.219. The lowest BCUT2D eigenvalue weighted by molar-refractivity contribution is 0.0594. The number of benzene rings is 1. The average Bonchev–Trinajstić information content (AvgIpc) is 2.45. The number of rotatable bonds is 2. The molecule has 0 bridgehead atoms. The number of hydrogen-bond acceptors (Lipinski definition) is 4. The molecule has 0 radical (unpaired) electrons. The van der Waals surface area contributed by atoms with E-state index in [1.165, 1.54) is 7.11 Å². The van der Waals surface area contributed by atoms with Gasteiger partial charge < -0.3 is 10.5 Å². The minimum atomic E-state index is -0.801. The molecule has 0 atom stereocenters. The van der Waals surface area contributed by atoms with Crippen LogP contribution in [0.15, 0.2) is 24.3 Å². The molecule has 0 aliphatic carbocycles. The van der Waals surface area contributed by atoms with Crippen molar-refractivity contribution >= 4 is 34.9 Å². The molecular formula is C13H9Cl2FN2O2. The molecule has 0 unspecified atom stereocenters. The lowest BCUT2D eigenvalue weighted by Gasteiger charge is -2.10. The van der Waals surface area contributed by atoms with Gasteiger partial charge in [-0.2, -0.15) is 0 Å². The maximum absolute atomic E-state index is 14.1. The zero-order valence-corrected chi connectivity index (χ0v) is 11.8. The van der Waals surface area contributed by atoms with Gasteiger partial charge in [-0.05, 0) is 12.1 Å². The highest BCUT2D eigenvalue weighted by Crippen LogP contribution is 2.32. The van der Waals surface area contributed by atoms with Crippen LogP contribution in [0.25, 0.3) is 11.3 Å². The van der Waals surface area contributed by atoms with Gasteiger partial charge in [-0.1, -0.05) is 35.3 Å². The molecule has 1 heterocycles. The molecule has 0 aliphatic rings. The van der Waals surface area contributed by atoms with E-state index in [0.717, 1.165) is 0 Å². The molecule has 2 aromatic rings. The second kappa shape index (κ2) is 5.64. The number of nitrogens with two attached hydrogens (primary N) is 1. The van der Waals surface area contributed by atoms with Crippen LogP contribution < -0.4 is 5.73 Å². The van der Waals surface area contributed by atoms with Crippen molar-refractivity contribution in [3.05, 3.63) is 45.8 Å². The summed E-state index contributed by atoms with van der Waals surface area (Å²) < 4.78 is 18.7. The number of carbonyl (C=O) groups is 1. The number of anilines is 1. The lowest BCUT2D eigenvalue weighted by Crippen LogP contribution is -2.10. The van der Waals surface area contributed by atoms with Crippen LogP contribution in [0.4, 0.5) is 10.1 Å². The Hall–Kier alpha value is -1.85. The minimum Gasteiger partial charge on any atom is -0.464 e. The summed E-state index contributed by atoms with van der Waals surface area (Å²) in [4.78, 5) is 15.5. The fourth-order valence-electron chi connectivity index (χ4n) is 1.59. The summed E-state index contributed by atoms with van der Waals surface area (Å²) >= 11 is 11.6. The van der Waals surface area contributed by atoms with E-state index in [0.29, 0.717) is 10.6 Å². The highest BCUT2D eigenvalue weighted by atomic mass is 35.5. The SMILES string of the molecule is COC(=O)c1nc(-c2ccc(Cl)cc2)c(F)c(N)c1Cl. The Bertz CT molecular complexity index is 675. The normalized spacial score (nSPS) is 10.4. The minimum absolute atomic E-state index is 0.0935. The van der Waals surface area contributed by atoms with Crippen LogP contribution in [0.5, 0.6) is 0 Å². The molecular weight excluding hydrogens is 306 g/mol. The van der Waals surface area contributed by atoms with Crippen molar-refractivity contribution in [2.75, 3.05) is 12.8 Å². The van der Waals surface area contributed by atoms with Crippen LogP contribution in [0.2, 0.25) is 10.0 Å². The van der Waals surface area contributed by atoms with Gasteiger partial charge in [0.2, 0.25) is 0 Å². The van der Waals surface area contributed by atoms with Crippen molar-refractivity contribution in [3.8, 4) is 11.3 Å². The first-order valence-electron chi connectivity index (χ1n) is 5.44. The summed E-state index contributed by atoms with van der Waals surface area (Å²) in [6, 6.07) is 6.26. The van der Waals surface area contributed by atoms with Crippen LogP contribution in [-0.2, 0) is 4.74 Å². The highest BCUT2D eigenvalue weighted by Gasteiger charge is 2.22. The Kier molecular flexibility index (Phi) is 4.11. The maximum atomic E-state index is 14.1. The molecule has 2 rings (SSSR count). The molecule has 7 heteroatoms. The third kappa shape index (κ3) is 2.55. The number of aromatic nitrogens is 1. The monoisotopic (exact) mass is 314 g/mol. The number of halogens is 3. The maximum Gasteiger partial charge on any atom is 0.358 e. The van der Waals surface area contributed by atoms with Crippen molar-refractivity contribution in [3.63, 3.8) is 0 Å². The van der Waals surface area contributed by atoms with Gasteiger partial charge in [-0.15, -0.1) is 0 Å². The van der Waals surface area contributed by atoms with E-state index in [4.69, 9.17) is 28.9 Å². The third-order valence-corrected chi connectivity index (χ3v) is 3.24. The van der Waals surface area contributed by atoms with Crippen molar-refractivity contribution in [1.82, 2.24) is 4.98 Å². The molecule has 0 saturated heterocycles. The first kappa shape index (κ1) is 14.6. The molecule has 0 fully saturated rings. The quantitative estimate of drug-likeness (QED) is 0.861. The summed E-state index contributed by atoms with van der Waals surface area (Å²) in [5.74, 6) is -1.60. The van der Waals surface area contributed by atoms with Crippen LogP contribution >= 0.6 is 23.2 Å². The topological polar surface area (TPSA) is 65.2 Å². The van der Waals surface area contributed by atoms with E-state index in [-0.39, 0.29) is 22.1 Å². The Morgan fingerprint density at radius 2 is 1.90 bits per heavy atom. The molecule has 0 amide bonds. The second-order valence-electron chi connectivity index (χ2n) is 3.85. The van der Waals surface area contributed by atoms with Crippen molar-refractivity contribution in [2.24, 2.45) is 0 Å².